The average Bonchev–Trinajstić information content (AvgIpc) is 2.80. The second kappa shape index (κ2) is 7.88. The maximum Gasteiger partial charge on any atom is 0.0531 e. The van der Waals surface area contributed by atoms with Crippen molar-refractivity contribution in [2.24, 2.45) is 0 Å². The van der Waals surface area contributed by atoms with E-state index in [-0.39, 0.29) is 11.1 Å². The Hall–Kier alpha value is -3.26. The third kappa shape index (κ3) is 3.71. The molecule has 3 aromatic carbocycles. The maximum atomic E-state index is 2.39. The highest BCUT2D eigenvalue weighted by molar-refractivity contribution is 5.92. The van der Waals surface area contributed by atoms with Gasteiger partial charge in [0.15, 0.2) is 0 Å². The Kier molecular flexibility index (Phi) is 5.29. The molecule has 35 heavy (non-hydrogen) atoms. The van der Waals surface area contributed by atoms with E-state index in [0.717, 1.165) is 0 Å². The molecule has 0 amide bonds. The van der Waals surface area contributed by atoms with Crippen molar-refractivity contribution in [2.75, 3.05) is 23.9 Å². The number of nitrogens with zero attached hydrogens (tertiary/aromatic N) is 2. The molecule has 2 nitrogen and oxygen atoms in total. The number of hydrogen-bond acceptors (Lipinski definition) is 2. The van der Waals surface area contributed by atoms with Crippen molar-refractivity contribution in [2.45, 2.75) is 59.5 Å². The van der Waals surface area contributed by atoms with E-state index in [1.54, 1.807) is 0 Å². The van der Waals surface area contributed by atoms with Gasteiger partial charge in [-0.3, -0.25) is 0 Å². The summed E-state index contributed by atoms with van der Waals surface area (Å²) in [6, 6.07) is 20.7. The molecular formula is C33H38N2. The van der Waals surface area contributed by atoms with Gasteiger partial charge in [0.2, 0.25) is 0 Å². The van der Waals surface area contributed by atoms with Gasteiger partial charge in [-0.25, -0.2) is 0 Å². The summed E-state index contributed by atoms with van der Waals surface area (Å²) in [4.78, 5) is 4.77. The zero-order chi connectivity index (χ0) is 25.3. The molecule has 5 rings (SSSR count). The fourth-order valence-corrected chi connectivity index (χ4v) is 5.93. The van der Waals surface area contributed by atoms with Crippen LogP contribution in [0.5, 0.6) is 0 Å². The second-order valence-electron chi connectivity index (χ2n) is 11.5. The number of rotatable bonds is 2. The summed E-state index contributed by atoms with van der Waals surface area (Å²) >= 11 is 0. The van der Waals surface area contributed by atoms with Crippen LogP contribution in [-0.2, 0) is 0 Å². The Bertz CT molecular complexity index is 1400. The van der Waals surface area contributed by atoms with Crippen molar-refractivity contribution in [3.8, 4) is 22.3 Å². The molecule has 2 aliphatic heterocycles. The van der Waals surface area contributed by atoms with Gasteiger partial charge in [0.05, 0.1) is 11.1 Å². The van der Waals surface area contributed by atoms with E-state index < -0.39 is 0 Å². The minimum Gasteiger partial charge on any atom is -0.366 e. The SMILES string of the molecule is CC1=CC(C)(C)N(C)c2ccc(-c3cccc(C)c3-c3ccc4c(c3)C(C)=CC(C)(C)N4C)cc21. The summed E-state index contributed by atoms with van der Waals surface area (Å²) in [5, 5.41) is 0. The van der Waals surface area contributed by atoms with Crippen molar-refractivity contribution >= 4 is 22.5 Å². The van der Waals surface area contributed by atoms with Gasteiger partial charge in [-0.2, -0.15) is 0 Å². The molecule has 180 valence electrons. The van der Waals surface area contributed by atoms with Crippen molar-refractivity contribution in [1.29, 1.82) is 0 Å². The van der Waals surface area contributed by atoms with Crippen molar-refractivity contribution in [3.63, 3.8) is 0 Å². The van der Waals surface area contributed by atoms with Crippen molar-refractivity contribution in [3.05, 3.63) is 83.4 Å². The molecule has 0 N–H and O–H groups in total. The molecule has 2 aliphatic rings. The van der Waals surface area contributed by atoms with E-state index in [1.165, 1.54) is 61.5 Å². The smallest absolute Gasteiger partial charge is 0.0531 e. The predicted octanol–water partition coefficient (Wildman–Crippen LogP) is 8.59. The van der Waals surface area contributed by atoms with Gasteiger partial charge in [-0.05, 0) is 112 Å². The van der Waals surface area contributed by atoms with Crippen LogP contribution in [0.15, 0.2) is 66.7 Å². The lowest BCUT2D eigenvalue weighted by Crippen LogP contribution is -2.42. The number of benzene rings is 3. The molecule has 0 saturated heterocycles. The first-order valence-electron chi connectivity index (χ1n) is 12.7. The lowest BCUT2D eigenvalue weighted by molar-refractivity contribution is 0.597. The summed E-state index contributed by atoms with van der Waals surface area (Å²) in [6.07, 6.45) is 4.77. The summed E-state index contributed by atoms with van der Waals surface area (Å²) in [5.74, 6) is 0. The van der Waals surface area contributed by atoms with Crippen LogP contribution < -0.4 is 9.80 Å². The number of allylic oxidation sites excluding steroid dienone is 2. The van der Waals surface area contributed by atoms with E-state index >= 15 is 0 Å². The number of hydrogen-bond donors (Lipinski definition) is 0. The van der Waals surface area contributed by atoms with E-state index in [4.69, 9.17) is 0 Å². The molecule has 0 fully saturated rings. The topological polar surface area (TPSA) is 6.48 Å². The Balaban J connectivity index is 1.66. The lowest BCUT2D eigenvalue weighted by Gasteiger charge is -2.41. The third-order valence-electron chi connectivity index (χ3n) is 8.31. The molecule has 0 saturated carbocycles. The molecule has 2 heteroatoms. The van der Waals surface area contributed by atoms with Crippen LogP contribution in [0, 0.1) is 6.92 Å². The van der Waals surface area contributed by atoms with Gasteiger partial charge in [-0.15, -0.1) is 0 Å². The summed E-state index contributed by atoms with van der Waals surface area (Å²) in [7, 11) is 4.39. The van der Waals surface area contributed by atoms with Gasteiger partial charge >= 0.3 is 0 Å². The summed E-state index contributed by atoms with van der Waals surface area (Å²) in [6.45, 7) is 15.8. The number of anilines is 2. The Labute approximate surface area is 211 Å². The quantitative estimate of drug-likeness (QED) is 0.376. The predicted molar refractivity (Wildman–Crippen MR) is 154 cm³/mol. The molecule has 0 aromatic heterocycles. The first-order chi connectivity index (χ1) is 16.4. The first-order valence-corrected chi connectivity index (χ1v) is 12.7. The Morgan fingerprint density at radius 2 is 1.06 bits per heavy atom. The number of fused-ring (bicyclic) bond motifs is 2. The van der Waals surface area contributed by atoms with Gasteiger partial charge in [-0.1, -0.05) is 42.5 Å². The van der Waals surface area contributed by atoms with E-state index in [2.05, 4.69) is 139 Å². The first kappa shape index (κ1) is 23.5. The fourth-order valence-electron chi connectivity index (χ4n) is 5.93. The fraction of sp³-hybridized carbons (Fsp3) is 0.333. The van der Waals surface area contributed by atoms with Gasteiger partial charge < -0.3 is 9.80 Å². The highest BCUT2D eigenvalue weighted by Crippen LogP contribution is 2.44. The van der Waals surface area contributed by atoms with E-state index in [0.29, 0.717) is 0 Å². The highest BCUT2D eigenvalue weighted by Gasteiger charge is 2.30. The minimum absolute atomic E-state index is 0.0165. The third-order valence-corrected chi connectivity index (χ3v) is 8.31. The Morgan fingerprint density at radius 1 is 0.571 bits per heavy atom. The second-order valence-corrected chi connectivity index (χ2v) is 11.5. The van der Waals surface area contributed by atoms with Crippen LogP contribution in [-0.4, -0.2) is 25.2 Å². The molecule has 2 heterocycles. The van der Waals surface area contributed by atoms with Crippen molar-refractivity contribution < 1.29 is 0 Å². The summed E-state index contributed by atoms with van der Waals surface area (Å²) < 4.78 is 0. The average molecular weight is 463 g/mol. The largest absolute Gasteiger partial charge is 0.366 e. The lowest BCUT2D eigenvalue weighted by atomic mass is 9.84. The van der Waals surface area contributed by atoms with Crippen LogP contribution in [0.4, 0.5) is 11.4 Å². The van der Waals surface area contributed by atoms with Crippen LogP contribution in [0.25, 0.3) is 33.4 Å². The maximum absolute atomic E-state index is 2.39. The molecule has 0 spiro atoms. The van der Waals surface area contributed by atoms with Crippen LogP contribution in [0.1, 0.15) is 58.2 Å². The molecule has 0 atom stereocenters. The molecule has 0 unspecified atom stereocenters. The molecule has 0 bridgehead atoms. The molecule has 0 aliphatic carbocycles. The molecule has 3 aromatic rings. The zero-order valence-electron chi connectivity index (χ0n) is 22.7. The highest BCUT2D eigenvalue weighted by atomic mass is 15.2. The monoisotopic (exact) mass is 462 g/mol. The van der Waals surface area contributed by atoms with Gasteiger partial charge in [0, 0.05) is 36.6 Å². The molecule has 0 radical (unpaired) electrons. The Morgan fingerprint density at radius 3 is 1.60 bits per heavy atom. The van der Waals surface area contributed by atoms with Crippen LogP contribution in [0.2, 0.25) is 0 Å². The van der Waals surface area contributed by atoms with Crippen molar-refractivity contribution in [1.82, 2.24) is 0 Å². The van der Waals surface area contributed by atoms with Crippen LogP contribution >= 0.6 is 0 Å². The van der Waals surface area contributed by atoms with E-state index in [1.807, 2.05) is 0 Å². The normalized spacial score (nSPS) is 18.0. The number of aryl methyl sites for hydroxylation is 1. The standard InChI is InChI=1S/C33H38N2/c1-21-11-10-12-26(24-13-15-29-27(17-24)22(2)19-32(4,5)34(29)8)31(21)25-14-16-30-28(18-25)23(3)20-33(6,7)35(30)9/h10-20H,1-9H3. The van der Waals surface area contributed by atoms with E-state index in [9.17, 15) is 0 Å². The van der Waals surface area contributed by atoms with Gasteiger partial charge in [0.1, 0.15) is 0 Å². The van der Waals surface area contributed by atoms with Crippen LogP contribution in [0.3, 0.4) is 0 Å². The molecular weight excluding hydrogens is 424 g/mol. The zero-order valence-corrected chi connectivity index (χ0v) is 22.7. The summed E-state index contributed by atoms with van der Waals surface area (Å²) in [5.41, 5.74) is 14.4. The number of likely N-dealkylation sites (N-methyl/N-ethyl adjacent to an activating group) is 2. The van der Waals surface area contributed by atoms with Gasteiger partial charge in [0.25, 0.3) is 0 Å². The minimum atomic E-state index is 0.0165.